The molecule has 0 saturated carbocycles. The molecule has 1 aliphatic rings. The molecule has 1 aromatic carbocycles. The summed E-state index contributed by atoms with van der Waals surface area (Å²) in [6.45, 7) is 1.50. The Morgan fingerprint density at radius 1 is 1.09 bits per heavy atom. The third-order valence-electron chi connectivity index (χ3n) is 5.12. The molecule has 0 spiro atoms. The number of pyridine rings is 2. The van der Waals surface area contributed by atoms with E-state index in [9.17, 15) is 4.79 Å². The van der Waals surface area contributed by atoms with E-state index >= 15 is 0 Å². The number of rotatable bonds is 5. The van der Waals surface area contributed by atoms with Gasteiger partial charge in [0.05, 0.1) is 53.8 Å². The number of ether oxygens (including phenoxy) is 3. The summed E-state index contributed by atoms with van der Waals surface area (Å²) in [6.07, 6.45) is 4.38. The second-order valence-corrected chi connectivity index (χ2v) is 8.07. The van der Waals surface area contributed by atoms with Crippen molar-refractivity contribution in [3.05, 3.63) is 81.0 Å². The molecule has 0 N–H and O–H groups in total. The molecule has 164 valence electrons. The first kappa shape index (κ1) is 21.0. The van der Waals surface area contributed by atoms with Crippen molar-refractivity contribution in [3.63, 3.8) is 0 Å². The number of halogens is 2. The maximum Gasteiger partial charge on any atom is 0.266 e. The van der Waals surface area contributed by atoms with Crippen LogP contribution in [0.25, 0.3) is 16.6 Å². The van der Waals surface area contributed by atoms with Crippen LogP contribution in [0.2, 0.25) is 10.0 Å². The Hall–Kier alpha value is -2.91. The second-order valence-electron chi connectivity index (χ2n) is 7.26. The molecular formula is C22H18Cl2N4O4. The first-order valence-corrected chi connectivity index (χ1v) is 10.6. The molecule has 1 aliphatic heterocycles. The average Bonchev–Trinajstić information content (AvgIpc) is 3.21. The molecule has 4 aromatic rings. The molecule has 0 bridgehead atoms. The molecule has 1 saturated heterocycles. The van der Waals surface area contributed by atoms with Crippen molar-refractivity contribution < 1.29 is 14.2 Å². The fourth-order valence-corrected chi connectivity index (χ4v) is 3.94. The highest BCUT2D eigenvalue weighted by Crippen LogP contribution is 2.25. The monoisotopic (exact) mass is 472 g/mol. The number of hydrogen-bond acceptors (Lipinski definition) is 6. The van der Waals surface area contributed by atoms with Crippen molar-refractivity contribution in [2.45, 2.75) is 12.6 Å². The molecule has 1 fully saturated rings. The van der Waals surface area contributed by atoms with Crippen LogP contribution < -0.4 is 10.3 Å². The largest absolute Gasteiger partial charge is 0.469 e. The first-order valence-electron chi connectivity index (χ1n) is 9.89. The molecule has 0 amide bonds. The van der Waals surface area contributed by atoms with Crippen molar-refractivity contribution in [1.82, 2.24) is 19.3 Å². The van der Waals surface area contributed by atoms with Gasteiger partial charge < -0.3 is 14.2 Å². The van der Waals surface area contributed by atoms with Gasteiger partial charge in [0, 0.05) is 17.3 Å². The first-order chi connectivity index (χ1) is 15.6. The quantitative estimate of drug-likeness (QED) is 0.440. The lowest BCUT2D eigenvalue weighted by Crippen LogP contribution is -2.34. The van der Waals surface area contributed by atoms with Gasteiger partial charge in [-0.05, 0) is 17.7 Å². The summed E-state index contributed by atoms with van der Waals surface area (Å²) in [5, 5.41) is 5.82. The van der Waals surface area contributed by atoms with Crippen LogP contribution in [0.3, 0.4) is 0 Å². The normalized spacial score (nSPS) is 14.7. The van der Waals surface area contributed by atoms with E-state index in [1.165, 1.54) is 10.8 Å². The van der Waals surface area contributed by atoms with Crippen LogP contribution in [0.4, 0.5) is 0 Å². The Morgan fingerprint density at radius 3 is 2.72 bits per heavy atom. The van der Waals surface area contributed by atoms with E-state index in [0.717, 1.165) is 5.56 Å². The zero-order valence-corrected chi connectivity index (χ0v) is 18.3. The van der Waals surface area contributed by atoms with Crippen LogP contribution in [0.15, 0.2) is 59.8 Å². The van der Waals surface area contributed by atoms with Crippen LogP contribution in [0.5, 0.6) is 5.88 Å². The minimum absolute atomic E-state index is 0.249. The summed E-state index contributed by atoms with van der Waals surface area (Å²) >= 11 is 12.6. The summed E-state index contributed by atoms with van der Waals surface area (Å²) < 4.78 is 19.5. The van der Waals surface area contributed by atoms with Crippen molar-refractivity contribution in [1.29, 1.82) is 0 Å². The second kappa shape index (κ2) is 8.91. The third-order valence-corrected chi connectivity index (χ3v) is 5.78. The summed E-state index contributed by atoms with van der Waals surface area (Å²) in [6, 6.07) is 11.0. The van der Waals surface area contributed by atoms with Gasteiger partial charge >= 0.3 is 0 Å². The lowest BCUT2D eigenvalue weighted by Gasteiger charge is -2.23. The lowest BCUT2D eigenvalue weighted by atomic mass is 10.2. The highest BCUT2D eigenvalue weighted by atomic mass is 35.5. The fourth-order valence-electron chi connectivity index (χ4n) is 3.55. The van der Waals surface area contributed by atoms with Gasteiger partial charge in [-0.25, -0.2) is 4.98 Å². The van der Waals surface area contributed by atoms with Crippen LogP contribution in [-0.4, -0.2) is 45.4 Å². The van der Waals surface area contributed by atoms with E-state index in [-0.39, 0.29) is 18.5 Å². The number of fused-ring (bicyclic) bond motifs is 1. The predicted molar refractivity (Wildman–Crippen MR) is 120 cm³/mol. The number of nitrogens with zero attached hydrogens (tertiary/aromatic N) is 4. The Kier molecular flexibility index (Phi) is 5.84. The van der Waals surface area contributed by atoms with Crippen LogP contribution in [-0.2, 0) is 16.0 Å². The molecule has 0 radical (unpaired) electrons. The lowest BCUT2D eigenvalue weighted by molar-refractivity contribution is -0.144. The molecule has 3 aromatic heterocycles. The van der Waals surface area contributed by atoms with Gasteiger partial charge in [0.1, 0.15) is 12.9 Å². The molecule has 0 unspecified atom stereocenters. The molecular weight excluding hydrogens is 455 g/mol. The Bertz CT molecular complexity index is 1330. The zero-order chi connectivity index (χ0) is 22.1. The van der Waals surface area contributed by atoms with Gasteiger partial charge in [0.2, 0.25) is 5.88 Å². The van der Waals surface area contributed by atoms with Gasteiger partial charge in [0.25, 0.3) is 5.56 Å². The SMILES string of the molecule is O=c1c2cnn(Cc3ccccc3Cl)c2ccn1-c1cc(OC2COCOC2)ncc1Cl. The van der Waals surface area contributed by atoms with E-state index in [1.807, 2.05) is 30.3 Å². The summed E-state index contributed by atoms with van der Waals surface area (Å²) in [5.41, 5.74) is 1.82. The molecule has 5 rings (SSSR count). The standard InChI is InChI=1S/C22H18Cl2N4O4/c23-17-4-2-1-3-14(17)10-28-19-5-6-27(22(29)16(19)8-26-28)20-7-21(25-9-18(20)24)32-15-11-30-13-31-12-15/h1-9,15H,10-13H2. The Morgan fingerprint density at radius 2 is 1.91 bits per heavy atom. The van der Waals surface area contributed by atoms with Gasteiger partial charge in [0.15, 0.2) is 0 Å². The van der Waals surface area contributed by atoms with Gasteiger partial charge in [-0.2, -0.15) is 5.10 Å². The molecule has 8 nitrogen and oxygen atoms in total. The zero-order valence-electron chi connectivity index (χ0n) is 16.8. The molecule has 0 atom stereocenters. The molecule has 32 heavy (non-hydrogen) atoms. The number of benzene rings is 1. The minimum Gasteiger partial charge on any atom is -0.469 e. The van der Waals surface area contributed by atoms with E-state index in [4.69, 9.17) is 37.4 Å². The van der Waals surface area contributed by atoms with Crippen LogP contribution in [0.1, 0.15) is 5.56 Å². The highest BCUT2D eigenvalue weighted by molar-refractivity contribution is 6.32. The molecule has 10 heteroatoms. The summed E-state index contributed by atoms with van der Waals surface area (Å²) in [4.78, 5) is 17.4. The van der Waals surface area contributed by atoms with Gasteiger partial charge in [-0.15, -0.1) is 0 Å². The van der Waals surface area contributed by atoms with Gasteiger partial charge in [-0.3, -0.25) is 14.0 Å². The topological polar surface area (TPSA) is 80.4 Å². The minimum atomic E-state index is -0.285. The van der Waals surface area contributed by atoms with Crippen molar-refractivity contribution in [2.75, 3.05) is 20.0 Å². The smallest absolute Gasteiger partial charge is 0.266 e. The fraction of sp³-hybridized carbons (Fsp3) is 0.227. The average molecular weight is 473 g/mol. The van der Waals surface area contributed by atoms with Gasteiger partial charge in [-0.1, -0.05) is 41.4 Å². The number of hydrogen-bond donors (Lipinski definition) is 0. The maximum atomic E-state index is 13.2. The summed E-state index contributed by atoms with van der Waals surface area (Å²) in [7, 11) is 0. The van der Waals surface area contributed by atoms with Crippen LogP contribution >= 0.6 is 23.2 Å². The Balaban J connectivity index is 1.48. The highest BCUT2D eigenvalue weighted by Gasteiger charge is 2.18. The molecule has 4 heterocycles. The maximum absolute atomic E-state index is 13.2. The van der Waals surface area contributed by atoms with E-state index in [2.05, 4.69) is 10.1 Å². The van der Waals surface area contributed by atoms with E-state index < -0.39 is 0 Å². The van der Waals surface area contributed by atoms with E-state index in [1.54, 1.807) is 23.1 Å². The van der Waals surface area contributed by atoms with Crippen molar-refractivity contribution in [3.8, 4) is 11.6 Å². The Labute approximate surface area is 192 Å². The van der Waals surface area contributed by atoms with Crippen molar-refractivity contribution >= 4 is 34.1 Å². The summed E-state index contributed by atoms with van der Waals surface area (Å²) in [5.74, 6) is 0.324. The molecule has 0 aliphatic carbocycles. The van der Waals surface area contributed by atoms with Crippen molar-refractivity contribution in [2.24, 2.45) is 0 Å². The number of aromatic nitrogens is 4. The van der Waals surface area contributed by atoms with E-state index in [0.29, 0.717) is 52.3 Å². The van der Waals surface area contributed by atoms with Crippen LogP contribution in [0, 0.1) is 0 Å². The third kappa shape index (κ3) is 4.10. The predicted octanol–water partition coefficient (Wildman–Crippen LogP) is 3.69.